The number of hydrogen-bond donors (Lipinski definition) is 1. The van der Waals surface area contributed by atoms with Crippen molar-refractivity contribution in [3.05, 3.63) is 46.4 Å². The van der Waals surface area contributed by atoms with Gasteiger partial charge in [0.05, 0.1) is 11.4 Å². The van der Waals surface area contributed by atoms with E-state index in [9.17, 15) is 14.4 Å². The fourth-order valence-corrected chi connectivity index (χ4v) is 3.63. The Morgan fingerprint density at radius 2 is 1.79 bits per heavy atom. The molecule has 1 atom stereocenters. The number of anilines is 1. The largest absolute Gasteiger partial charge is 0.330 e. The first-order valence-corrected chi connectivity index (χ1v) is 9.59. The molecule has 150 valence electrons. The normalized spacial score (nSPS) is 17.0. The van der Waals surface area contributed by atoms with Gasteiger partial charge >= 0.3 is 0 Å². The lowest BCUT2D eigenvalue weighted by molar-refractivity contribution is -0.143. The summed E-state index contributed by atoms with van der Waals surface area (Å²) in [6, 6.07) is 8.73. The van der Waals surface area contributed by atoms with E-state index in [1.165, 1.54) is 4.68 Å². The molecule has 0 spiro atoms. The van der Waals surface area contributed by atoms with Crippen LogP contribution in [-0.2, 0) is 16.6 Å². The lowest BCUT2D eigenvalue weighted by atomic mass is 9.94. The van der Waals surface area contributed by atoms with Gasteiger partial charge in [0.1, 0.15) is 11.7 Å². The number of nitrogens with one attached hydrogen (secondary N) is 1. The van der Waals surface area contributed by atoms with Gasteiger partial charge in [-0.25, -0.2) is 4.68 Å². The maximum atomic E-state index is 13.0. The Labute approximate surface area is 164 Å². The monoisotopic (exact) mass is 384 g/mol. The molecular weight excluding hydrogens is 356 g/mol. The van der Waals surface area contributed by atoms with Crippen LogP contribution in [0.15, 0.2) is 35.1 Å². The Hall–Kier alpha value is -2.83. The fourth-order valence-electron chi connectivity index (χ4n) is 3.63. The van der Waals surface area contributed by atoms with Gasteiger partial charge in [-0.3, -0.25) is 19.1 Å². The van der Waals surface area contributed by atoms with Crippen molar-refractivity contribution in [1.82, 2.24) is 14.3 Å². The molecule has 1 aromatic heterocycles. The summed E-state index contributed by atoms with van der Waals surface area (Å²) in [4.78, 5) is 40.3. The second kappa shape index (κ2) is 7.30. The zero-order valence-electron chi connectivity index (χ0n) is 17.2. The zero-order valence-corrected chi connectivity index (χ0v) is 17.2. The lowest BCUT2D eigenvalue weighted by Crippen LogP contribution is -2.47. The van der Waals surface area contributed by atoms with Crippen LogP contribution in [0.25, 0.3) is 5.69 Å². The molecule has 1 fully saturated rings. The average molecular weight is 384 g/mol. The van der Waals surface area contributed by atoms with E-state index >= 15 is 0 Å². The van der Waals surface area contributed by atoms with Crippen LogP contribution in [0.3, 0.4) is 0 Å². The molecule has 0 aliphatic carbocycles. The maximum Gasteiger partial charge on any atom is 0.295 e. The van der Waals surface area contributed by atoms with Crippen molar-refractivity contribution in [1.29, 1.82) is 0 Å². The number of carbonyl (C=O) groups excluding carboxylic acids is 2. The van der Waals surface area contributed by atoms with E-state index in [0.717, 1.165) is 12.1 Å². The number of likely N-dealkylation sites (tertiary alicyclic amines) is 1. The molecule has 7 heteroatoms. The molecule has 1 saturated heterocycles. The summed E-state index contributed by atoms with van der Waals surface area (Å²) in [5, 5.41) is 2.80. The van der Waals surface area contributed by atoms with Gasteiger partial charge < -0.3 is 10.2 Å². The van der Waals surface area contributed by atoms with Crippen LogP contribution in [0.2, 0.25) is 0 Å². The lowest BCUT2D eigenvalue weighted by Gasteiger charge is -2.30. The zero-order chi connectivity index (χ0) is 20.6. The fraction of sp³-hybridized carbons (Fsp3) is 0.476. The van der Waals surface area contributed by atoms with Gasteiger partial charge in [-0.1, -0.05) is 39.0 Å². The molecule has 7 nitrogen and oxygen atoms in total. The highest BCUT2D eigenvalue weighted by molar-refractivity contribution is 5.98. The predicted octanol–water partition coefficient (Wildman–Crippen LogP) is 2.46. The number of hydrogen-bond acceptors (Lipinski definition) is 3. The first-order valence-electron chi connectivity index (χ1n) is 9.59. The Bertz CT molecular complexity index is 951. The van der Waals surface area contributed by atoms with Gasteiger partial charge in [-0.15, -0.1) is 0 Å². The number of rotatable bonds is 3. The molecule has 1 aromatic carbocycles. The molecule has 0 radical (unpaired) electrons. The van der Waals surface area contributed by atoms with E-state index in [0.29, 0.717) is 18.7 Å². The van der Waals surface area contributed by atoms with Crippen molar-refractivity contribution >= 4 is 17.5 Å². The van der Waals surface area contributed by atoms with E-state index in [1.807, 2.05) is 51.1 Å². The predicted molar refractivity (Wildman–Crippen MR) is 109 cm³/mol. The summed E-state index contributed by atoms with van der Waals surface area (Å²) < 4.78 is 3.25. The van der Waals surface area contributed by atoms with Crippen molar-refractivity contribution in [2.75, 3.05) is 11.9 Å². The van der Waals surface area contributed by atoms with Crippen LogP contribution in [0.1, 0.15) is 39.3 Å². The van der Waals surface area contributed by atoms with Gasteiger partial charge in [-0.2, -0.15) is 0 Å². The molecule has 0 saturated carbocycles. The van der Waals surface area contributed by atoms with Crippen molar-refractivity contribution in [3.8, 4) is 5.69 Å². The molecule has 2 amide bonds. The molecule has 1 aliphatic rings. The third-order valence-electron chi connectivity index (χ3n) is 5.26. The summed E-state index contributed by atoms with van der Waals surface area (Å²) in [5.41, 5.74) is 0.807. The minimum absolute atomic E-state index is 0.0448. The maximum absolute atomic E-state index is 13.0. The highest BCUT2D eigenvalue weighted by Crippen LogP contribution is 2.26. The number of benzene rings is 1. The topological polar surface area (TPSA) is 76.3 Å². The van der Waals surface area contributed by atoms with Crippen LogP contribution in [-0.4, -0.2) is 38.7 Å². The minimum Gasteiger partial charge on any atom is -0.330 e. The first kappa shape index (κ1) is 19.9. The van der Waals surface area contributed by atoms with Gasteiger partial charge in [0.15, 0.2) is 0 Å². The van der Waals surface area contributed by atoms with Crippen LogP contribution in [0.5, 0.6) is 0 Å². The third kappa shape index (κ3) is 3.48. The Kier molecular flexibility index (Phi) is 5.19. The van der Waals surface area contributed by atoms with Crippen molar-refractivity contribution in [2.45, 2.75) is 46.6 Å². The molecule has 1 unspecified atom stereocenters. The van der Waals surface area contributed by atoms with E-state index < -0.39 is 11.5 Å². The summed E-state index contributed by atoms with van der Waals surface area (Å²) in [7, 11) is 1.78. The molecule has 3 rings (SSSR count). The molecule has 28 heavy (non-hydrogen) atoms. The van der Waals surface area contributed by atoms with Gasteiger partial charge in [0.2, 0.25) is 11.8 Å². The standard InChI is InChI=1S/C21H28N4O3/c1-14-17(19(27)25(23(14)5)15-10-7-6-8-11-15)22-18(26)16-12-9-13-24(16)20(28)21(2,3)4/h6-8,10-11,16H,9,12-13H2,1-5H3,(H,22,26). The smallest absolute Gasteiger partial charge is 0.295 e. The van der Waals surface area contributed by atoms with Crippen molar-refractivity contribution in [2.24, 2.45) is 12.5 Å². The van der Waals surface area contributed by atoms with E-state index in [1.54, 1.807) is 23.6 Å². The van der Waals surface area contributed by atoms with E-state index in [4.69, 9.17) is 0 Å². The third-order valence-corrected chi connectivity index (χ3v) is 5.26. The molecule has 1 aliphatic heterocycles. The summed E-state index contributed by atoms with van der Waals surface area (Å²) >= 11 is 0. The Morgan fingerprint density at radius 3 is 2.39 bits per heavy atom. The summed E-state index contributed by atoms with van der Waals surface area (Å²) in [5.74, 6) is -0.349. The number of para-hydroxylation sites is 1. The van der Waals surface area contributed by atoms with Gasteiger partial charge in [-0.05, 0) is 31.9 Å². The highest BCUT2D eigenvalue weighted by atomic mass is 16.2. The van der Waals surface area contributed by atoms with Crippen molar-refractivity contribution in [3.63, 3.8) is 0 Å². The second-order valence-corrected chi connectivity index (χ2v) is 8.33. The van der Waals surface area contributed by atoms with Gasteiger partial charge in [0.25, 0.3) is 5.56 Å². The summed E-state index contributed by atoms with van der Waals surface area (Å²) in [6.07, 6.45) is 1.38. The molecule has 2 heterocycles. The second-order valence-electron chi connectivity index (χ2n) is 8.33. The molecular formula is C21H28N4O3. The SMILES string of the molecule is Cc1c(NC(=O)C2CCCN2C(=O)C(C)(C)C)c(=O)n(-c2ccccc2)n1C. The summed E-state index contributed by atoms with van der Waals surface area (Å²) in [6.45, 7) is 7.91. The van der Waals surface area contributed by atoms with Crippen molar-refractivity contribution < 1.29 is 9.59 Å². The number of aromatic nitrogens is 2. The average Bonchev–Trinajstić information content (AvgIpc) is 3.21. The molecule has 1 N–H and O–H groups in total. The van der Waals surface area contributed by atoms with Crippen LogP contribution >= 0.6 is 0 Å². The molecule has 0 bridgehead atoms. The highest BCUT2D eigenvalue weighted by Gasteiger charge is 2.39. The minimum atomic E-state index is -0.550. The van der Waals surface area contributed by atoms with Crippen LogP contribution in [0, 0.1) is 12.3 Å². The quantitative estimate of drug-likeness (QED) is 0.883. The number of amides is 2. The molecule has 2 aromatic rings. The van der Waals surface area contributed by atoms with Crippen LogP contribution in [0.4, 0.5) is 5.69 Å². The number of carbonyl (C=O) groups is 2. The Morgan fingerprint density at radius 1 is 1.14 bits per heavy atom. The first-order chi connectivity index (χ1) is 13.1. The van der Waals surface area contributed by atoms with Gasteiger partial charge in [0, 0.05) is 19.0 Å². The number of nitrogens with zero attached hydrogens (tertiary/aromatic N) is 3. The Balaban J connectivity index is 1.89. The van der Waals surface area contributed by atoms with E-state index in [2.05, 4.69) is 5.32 Å². The van der Waals surface area contributed by atoms with E-state index in [-0.39, 0.29) is 23.1 Å². The van der Waals surface area contributed by atoms with Crippen LogP contribution < -0.4 is 10.9 Å².